The molecule has 0 aromatic heterocycles. The Morgan fingerprint density at radius 2 is 0.412 bits per heavy atom. The number of esters is 3. The quantitative estimate of drug-likeness (QED) is 0.0261. The van der Waals surface area contributed by atoms with E-state index >= 15 is 0 Å². The van der Waals surface area contributed by atoms with Crippen LogP contribution in [0.5, 0.6) is 0 Å². The summed E-state index contributed by atoms with van der Waals surface area (Å²) < 4.78 is 17.0. The Kier molecular flexibility index (Phi) is 67.6. The zero-order valence-electron chi connectivity index (χ0n) is 54.4. The third kappa shape index (κ3) is 66.7. The van der Waals surface area contributed by atoms with Gasteiger partial charge in [0, 0.05) is 19.3 Å². The lowest BCUT2D eigenvalue weighted by Crippen LogP contribution is -2.30. The molecule has 1 atom stereocenters. The summed E-state index contributed by atoms with van der Waals surface area (Å²) in [6.07, 6.45) is 85.2. The van der Waals surface area contributed by atoms with Crippen LogP contribution in [0.25, 0.3) is 0 Å². The van der Waals surface area contributed by atoms with Crippen LogP contribution in [0.3, 0.4) is 0 Å². The molecule has 0 rings (SSSR count). The van der Waals surface area contributed by atoms with Gasteiger partial charge in [0.1, 0.15) is 13.2 Å². The van der Waals surface area contributed by atoms with Gasteiger partial charge in [-0.2, -0.15) is 0 Å². The predicted molar refractivity (Wildman–Crippen MR) is 349 cm³/mol. The van der Waals surface area contributed by atoms with Crippen molar-refractivity contribution in [3.8, 4) is 0 Å². The normalized spacial score (nSPS) is 12.1. The summed E-state index contributed by atoms with van der Waals surface area (Å²) in [6, 6.07) is 0. The number of hydrogen-bond donors (Lipinski definition) is 0. The van der Waals surface area contributed by atoms with Crippen LogP contribution in [0.1, 0.15) is 412 Å². The molecule has 0 aliphatic carbocycles. The highest BCUT2D eigenvalue weighted by atomic mass is 16.6. The molecule has 0 amide bonds. The Balaban J connectivity index is 4.07. The molecule has 0 saturated heterocycles. The molecule has 0 spiro atoms. The first-order valence-electron chi connectivity index (χ1n) is 36.3. The van der Waals surface area contributed by atoms with Gasteiger partial charge in [-0.05, 0) is 70.6 Å². The Morgan fingerprint density at radius 1 is 0.237 bits per heavy atom. The van der Waals surface area contributed by atoms with Crippen LogP contribution in [0.4, 0.5) is 0 Å². The van der Waals surface area contributed by atoms with E-state index in [1.807, 2.05) is 0 Å². The smallest absolute Gasteiger partial charge is 0.306 e. The number of ether oxygens (including phenoxy) is 3. The first kappa shape index (κ1) is 77.9. The molecule has 472 valence electrons. The van der Waals surface area contributed by atoms with Gasteiger partial charge in [-0.25, -0.2) is 0 Å². The van der Waals surface area contributed by atoms with E-state index in [0.717, 1.165) is 57.8 Å². The van der Waals surface area contributed by atoms with E-state index in [4.69, 9.17) is 14.2 Å². The lowest BCUT2D eigenvalue weighted by molar-refractivity contribution is -0.167. The number of unbranched alkanes of at least 4 members (excludes halogenated alkanes) is 53. The van der Waals surface area contributed by atoms with Crippen molar-refractivity contribution in [1.29, 1.82) is 0 Å². The van der Waals surface area contributed by atoms with E-state index in [1.54, 1.807) is 0 Å². The van der Waals surface area contributed by atoms with Crippen molar-refractivity contribution in [1.82, 2.24) is 0 Å². The minimum absolute atomic E-state index is 0.0665. The molecular formula is C74H140O6. The second-order valence-corrected chi connectivity index (χ2v) is 24.9. The Morgan fingerprint density at radius 3 is 0.625 bits per heavy atom. The van der Waals surface area contributed by atoms with E-state index in [2.05, 4.69) is 45.1 Å². The molecule has 0 bridgehead atoms. The van der Waals surface area contributed by atoms with Crippen LogP contribution < -0.4 is 0 Å². The van der Waals surface area contributed by atoms with Gasteiger partial charge in [0.15, 0.2) is 6.10 Å². The van der Waals surface area contributed by atoms with Gasteiger partial charge >= 0.3 is 17.9 Å². The summed E-state index contributed by atoms with van der Waals surface area (Å²) in [5.41, 5.74) is 0. The van der Waals surface area contributed by atoms with Gasteiger partial charge in [-0.3, -0.25) is 14.4 Å². The zero-order valence-corrected chi connectivity index (χ0v) is 54.4. The van der Waals surface area contributed by atoms with Crippen LogP contribution in [0.15, 0.2) is 24.3 Å². The van der Waals surface area contributed by atoms with Crippen LogP contribution in [0, 0.1) is 0 Å². The van der Waals surface area contributed by atoms with Crippen molar-refractivity contribution in [2.75, 3.05) is 13.2 Å². The molecule has 80 heavy (non-hydrogen) atoms. The standard InChI is InChI=1S/C74H140O6/c1-4-7-10-13-16-19-22-25-27-29-30-31-32-33-34-35-36-37-38-39-40-41-42-43-44-46-47-49-52-55-58-61-64-67-73(76)79-70-71(69-78-72(75)66-63-60-57-54-51-24-21-18-15-12-9-6-3)80-74(77)68-65-62-59-56-53-50-48-45-28-26-23-20-17-14-11-8-5-2/h26,28-30,71H,4-25,27,31-70H2,1-3H3/b28-26-,30-29-. The molecule has 6 nitrogen and oxygen atoms in total. The SMILES string of the molecule is CCCCCCCC/C=C\CCCCCCCCCC(=O)OC(COC(=O)CCCCCCCCCCCCCC)COC(=O)CCCCCCCCCCCCCCCCCCCCCCC/C=C\CCCCCCCCCC. The maximum absolute atomic E-state index is 12.9. The van der Waals surface area contributed by atoms with Gasteiger partial charge < -0.3 is 14.2 Å². The van der Waals surface area contributed by atoms with Crippen LogP contribution in [0.2, 0.25) is 0 Å². The van der Waals surface area contributed by atoms with Crippen molar-refractivity contribution in [3.05, 3.63) is 24.3 Å². The fraction of sp³-hybridized carbons (Fsp3) is 0.905. The second-order valence-electron chi connectivity index (χ2n) is 24.9. The monoisotopic (exact) mass is 1130 g/mol. The Bertz CT molecular complexity index is 1290. The third-order valence-corrected chi connectivity index (χ3v) is 16.7. The molecule has 0 N–H and O–H groups in total. The van der Waals surface area contributed by atoms with Crippen molar-refractivity contribution in [3.63, 3.8) is 0 Å². The third-order valence-electron chi connectivity index (χ3n) is 16.7. The molecule has 0 heterocycles. The first-order valence-corrected chi connectivity index (χ1v) is 36.3. The molecule has 0 aliphatic heterocycles. The van der Waals surface area contributed by atoms with Crippen molar-refractivity contribution >= 4 is 17.9 Å². The molecule has 0 saturated carbocycles. The lowest BCUT2D eigenvalue weighted by Gasteiger charge is -2.18. The highest BCUT2D eigenvalue weighted by molar-refractivity contribution is 5.71. The molecule has 6 heteroatoms. The fourth-order valence-electron chi connectivity index (χ4n) is 11.2. The van der Waals surface area contributed by atoms with Gasteiger partial charge in [-0.1, -0.05) is 347 Å². The van der Waals surface area contributed by atoms with Gasteiger partial charge in [-0.15, -0.1) is 0 Å². The van der Waals surface area contributed by atoms with E-state index in [1.165, 1.54) is 315 Å². The fourth-order valence-corrected chi connectivity index (χ4v) is 11.2. The summed E-state index contributed by atoms with van der Waals surface area (Å²) in [5.74, 6) is -0.840. The molecule has 0 radical (unpaired) electrons. The largest absolute Gasteiger partial charge is 0.462 e. The van der Waals surface area contributed by atoms with Crippen molar-refractivity contribution in [2.24, 2.45) is 0 Å². The molecule has 0 fully saturated rings. The Labute approximate surface area is 500 Å². The maximum Gasteiger partial charge on any atom is 0.306 e. The Hall–Kier alpha value is -2.11. The number of hydrogen-bond acceptors (Lipinski definition) is 6. The van der Waals surface area contributed by atoms with Crippen LogP contribution in [-0.2, 0) is 28.6 Å². The number of carbonyl (C=O) groups is 3. The van der Waals surface area contributed by atoms with Crippen LogP contribution >= 0.6 is 0 Å². The maximum atomic E-state index is 12.9. The molecule has 1 unspecified atom stereocenters. The summed E-state index contributed by atoms with van der Waals surface area (Å²) in [6.45, 7) is 6.70. The number of allylic oxidation sites excluding steroid dienone is 4. The molecule has 0 aliphatic rings. The summed E-state index contributed by atoms with van der Waals surface area (Å²) >= 11 is 0. The van der Waals surface area contributed by atoms with Crippen LogP contribution in [-0.4, -0.2) is 37.2 Å². The average Bonchev–Trinajstić information content (AvgIpc) is 3.46. The van der Waals surface area contributed by atoms with Gasteiger partial charge in [0.05, 0.1) is 0 Å². The summed E-state index contributed by atoms with van der Waals surface area (Å²) in [5, 5.41) is 0. The first-order chi connectivity index (χ1) is 39.5. The average molecular weight is 1130 g/mol. The lowest BCUT2D eigenvalue weighted by atomic mass is 10.0. The molecule has 0 aromatic rings. The highest BCUT2D eigenvalue weighted by Gasteiger charge is 2.19. The van der Waals surface area contributed by atoms with E-state index in [0.29, 0.717) is 19.3 Å². The number of carbonyl (C=O) groups excluding carboxylic acids is 3. The number of rotatable bonds is 68. The molecular weight excluding hydrogens is 985 g/mol. The minimum Gasteiger partial charge on any atom is -0.462 e. The predicted octanol–water partition coefficient (Wildman–Crippen LogP) is 25.0. The van der Waals surface area contributed by atoms with Gasteiger partial charge in [0.25, 0.3) is 0 Å². The second kappa shape index (κ2) is 69.4. The van der Waals surface area contributed by atoms with Crippen molar-refractivity contribution in [2.45, 2.75) is 419 Å². The summed E-state index contributed by atoms with van der Waals surface area (Å²) in [7, 11) is 0. The zero-order chi connectivity index (χ0) is 57.8. The van der Waals surface area contributed by atoms with E-state index < -0.39 is 6.10 Å². The van der Waals surface area contributed by atoms with E-state index in [-0.39, 0.29) is 31.1 Å². The van der Waals surface area contributed by atoms with E-state index in [9.17, 15) is 14.4 Å². The molecule has 0 aromatic carbocycles. The minimum atomic E-state index is -0.769. The topological polar surface area (TPSA) is 78.9 Å². The highest BCUT2D eigenvalue weighted by Crippen LogP contribution is 2.19. The van der Waals surface area contributed by atoms with Crippen molar-refractivity contribution < 1.29 is 28.6 Å². The van der Waals surface area contributed by atoms with Gasteiger partial charge in [0.2, 0.25) is 0 Å². The summed E-state index contributed by atoms with van der Waals surface area (Å²) in [4.78, 5) is 38.3.